The fourth-order valence-electron chi connectivity index (χ4n) is 2.43. The summed E-state index contributed by atoms with van der Waals surface area (Å²) in [6.07, 6.45) is 1.44. The van der Waals surface area contributed by atoms with E-state index < -0.39 is 11.9 Å². The number of methoxy groups -OCH3 is 1. The van der Waals surface area contributed by atoms with Gasteiger partial charge in [-0.05, 0) is 49.1 Å². The molecular weight excluding hydrogens is 321 g/mol. The van der Waals surface area contributed by atoms with Crippen LogP contribution in [-0.2, 0) is 11.2 Å². The molecule has 1 N–H and O–H groups in total. The predicted molar refractivity (Wildman–Crippen MR) is 95.4 cm³/mol. The fourth-order valence-corrected chi connectivity index (χ4v) is 2.43. The highest BCUT2D eigenvalue weighted by Gasteiger charge is 2.19. The molecule has 0 aliphatic carbocycles. The van der Waals surface area contributed by atoms with Gasteiger partial charge in [0.25, 0.3) is 5.91 Å². The zero-order valence-electron chi connectivity index (χ0n) is 14.6. The zero-order chi connectivity index (χ0) is 18.1. The monoisotopic (exact) mass is 345 g/mol. The van der Waals surface area contributed by atoms with E-state index in [1.165, 1.54) is 17.7 Å². The highest BCUT2D eigenvalue weighted by Crippen LogP contribution is 2.18. The Labute approximate surface area is 148 Å². The molecule has 1 atom stereocenters. The molecule has 0 fully saturated rings. The molecule has 0 saturated carbocycles. The van der Waals surface area contributed by atoms with Gasteiger partial charge >= 0.3 is 0 Å². The molecule has 4 nitrogen and oxygen atoms in total. The molecule has 0 aromatic heterocycles. The summed E-state index contributed by atoms with van der Waals surface area (Å²) >= 11 is 0. The SMILES string of the molecule is CCC(Oc1ccccc1F)C(=O)NCCCc1ccc(OC)cc1. The maximum Gasteiger partial charge on any atom is 0.261 e. The van der Waals surface area contributed by atoms with Crippen LogP contribution in [0.15, 0.2) is 48.5 Å². The molecule has 5 heteroatoms. The van der Waals surface area contributed by atoms with E-state index in [9.17, 15) is 9.18 Å². The van der Waals surface area contributed by atoms with Gasteiger partial charge in [-0.3, -0.25) is 4.79 Å². The first-order valence-electron chi connectivity index (χ1n) is 8.46. The lowest BCUT2D eigenvalue weighted by Gasteiger charge is -2.17. The number of hydrogen-bond acceptors (Lipinski definition) is 3. The largest absolute Gasteiger partial charge is 0.497 e. The van der Waals surface area contributed by atoms with E-state index in [0.29, 0.717) is 13.0 Å². The number of nitrogens with one attached hydrogen (secondary N) is 1. The summed E-state index contributed by atoms with van der Waals surface area (Å²) in [6, 6.07) is 14.0. The van der Waals surface area contributed by atoms with E-state index in [4.69, 9.17) is 9.47 Å². The fraction of sp³-hybridized carbons (Fsp3) is 0.350. The van der Waals surface area contributed by atoms with Gasteiger partial charge in [-0.2, -0.15) is 0 Å². The zero-order valence-corrected chi connectivity index (χ0v) is 14.6. The van der Waals surface area contributed by atoms with Gasteiger partial charge in [0.2, 0.25) is 0 Å². The van der Waals surface area contributed by atoms with Crippen molar-refractivity contribution in [2.45, 2.75) is 32.3 Å². The molecule has 25 heavy (non-hydrogen) atoms. The van der Waals surface area contributed by atoms with Crippen molar-refractivity contribution in [2.24, 2.45) is 0 Å². The van der Waals surface area contributed by atoms with E-state index in [1.807, 2.05) is 31.2 Å². The Bertz CT molecular complexity index is 673. The molecular formula is C20H24FNO3. The third kappa shape index (κ3) is 5.78. The maximum atomic E-state index is 13.6. The number of carbonyl (C=O) groups excluding carboxylic acids is 1. The Morgan fingerprint density at radius 1 is 1.16 bits per heavy atom. The van der Waals surface area contributed by atoms with Crippen LogP contribution in [0.1, 0.15) is 25.3 Å². The van der Waals surface area contributed by atoms with Crippen molar-refractivity contribution in [3.8, 4) is 11.5 Å². The molecule has 2 aromatic rings. The van der Waals surface area contributed by atoms with Crippen LogP contribution < -0.4 is 14.8 Å². The smallest absolute Gasteiger partial charge is 0.261 e. The first kappa shape index (κ1) is 18.8. The predicted octanol–water partition coefficient (Wildman–Crippen LogP) is 3.74. The van der Waals surface area contributed by atoms with Crippen molar-refractivity contribution >= 4 is 5.91 Å². The molecule has 0 aliphatic rings. The number of benzene rings is 2. The highest BCUT2D eigenvalue weighted by atomic mass is 19.1. The standard InChI is InChI=1S/C20H24FNO3/c1-3-18(25-19-9-5-4-8-17(19)21)20(23)22-14-6-7-15-10-12-16(24-2)13-11-15/h4-5,8-13,18H,3,6-7,14H2,1-2H3,(H,22,23). The number of halogens is 1. The lowest BCUT2D eigenvalue weighted by Crippen LogP contribution is -2.38. The third-order valence-electron chi connectivity index (χ3n) is 3.87. The minimum atomic E-state index is -0.696. The van der Waals surface area contributed by atoms with Crippen LogP contribution in [0.3, 0.4) is 0 Å². The van der Waals surface area contributed by atoms with Gasteiger partial charge in [-0.15, -0.1) is 0 Å². The summed E-state index contributed by atoms with van der Waals surface area (Å²) in [5.41, 5.74) is 1.18. The number of carbonyl (C=O) groups is 1. The normalized spacial score (nSPS) is 11.6. The first-order chi connectivity index (χ1) is 12.1. The summed E-state index contributed by atoms with van der Waals surface area (Å²) < 4.78 is 24.3. The number of para-hydroxylation sites is 1. The Hall–Kier alpha value is -2.56. The second-order valence-electron chi connectivity index (χ2n) is 5.69. The third-order valence-corrected chi connectivity index (χ3v) is 3.87. The van der Waals surface area contributed by atoms with Gasteiger partial charge in [0.1, 0.15) is 5.75 Å². The molecule has 0 radical (unpaired) electrons. The van der Waals surface area contributed by atoms with Gasteiger partial charge < -0.3 is 14.8 Å². The van der Waals surface area contributed by atoms with Gasteiger partial charge in [-0.25, -0.2) is 4.39 Å². The number of rotatable bonds is 9. The van der Waals surface area contributed by atoms with Crippen molar-refractivity contribution in [2.75, 3.05) is 13.7 Å². The van der Waals surface area contributed by atoms with E-state index in [1.54, 1.807) is 19.2 Å². The van der Waals surface area contributed by atoms with Gasteiger partial charge in [-0.1, -0.05) is 31.2 Å². The average molecular weight is 345 g/mol. The van der Waals surface area contributed by atoms with Crippen molar-refractivity contribution in [1.82, 2.24) is 5.32 Å². The molecule has 134 valence electrons. The topological polar surface area (TPSA) is 47.6 Å². The number of aryl methyl sites for hydroxylation is 1. The quantitative estimate of drug-likeness (QED) is 0.704. The summed E-state index contributed by atoms with van der Waals surface area (Å²) in [5, 5.41) is 2.86. The lowest BCUT2D eigenvalue weighted by atomic mass is 10.1. The van der Waals surface area contributed by atoms with Crippen molar-refractivity contribution in [3.05, 3.63) is 59.9 Å². The second kappa shape index (κ2) is 9.67. The van der Waals surface area contributed by atoms with Crippen LogP contribution in [0.2, 0.25) is 0 Å². The number of ether oxygens (including phenoxy) is 2. The average Bonchev–Trinajstić information content (AvgIpc) is 2.65. The molecule has 0 heterocycles. The number of hydrogen-bond donors (Lipinski definition) is 1. The van der Waals surface area contributed by atoms with Crippen LogP contribution in [0.4, 0.5) is 4.39 Å². The molecule has 0 saturated heterocycles. The van der Waals surface area contributed by atoms with Gasteiger partial charge in [0.15, 0.2) is 17.7 Å². The van der Waals surface area contributed by atoms with E-state index in [-0.39, 0.29) is 11.7 Å². The maximum absolute atomic E-state index is 13.6. The van der Waals surface area contributed by atoms with Crippen LogP contribution in [0, 0.1) is 5.82 Å². The second-order valence-corrected chi connectivity index (χ2v) is 5.69. The highest BCUT2D eigenvalue weighted by molar-refractivity contribution is 5.81. The van der Waals surface area contributed by atoms with E-state index >= 15 is 0 Å². The Balaban J connectivity index is 1.76. The number of amides is 1. The van der Waals surface area contributed by atoms with Gasteiger partial charge in [0, 0.05) is 6.54 Å². The summed E-state index contributed by atoms with van der Waals surface area (Å²) in [5.74, 6) is 0.240. The molecule has 1 unspecified atom stereocenters. The van der Waals surface area contributed by atoms with Crippen LogP contribution in [-0.4, -0.2) is 25.7 Å². The Morgan fingerprint density at radius 2 is 1.88 bits per heavy atom. The first-order valence-corrected chi connectivity index (χ1v) is 8.46. The molecule has 0 aliphatic heterocycles. The molecule has 0 spiro atoms. The lowest BCUT2D eigenvalue weighted by molar-refractivity contribution is -0.128. The van der Waals surface area contributed by atoms with Crippen molar-refractivity contribution in [3.63, 3.8) is 0 Å². The summed E-state index contributed by atoms with van der Waals surface area (Å²) in [6.45, 7) is 2.38. The molecule has 2 rings (SSSR count). The summed E-state index contributed by atoms with van der Waals surface area (Å²) in [4.78, 5) is 12.2. The molecule has 2 aromatic carbocycles. The van der Waals surface area contributed by atoms with E-state index in [0.717, 1.165) is 18.6 Å². The van der Waals surface area contributed by atoms with Crippen molar-refractivity contribution in [1.29, 1.82) is 0 Å². The molecule has 1 amide bonds. The van der Waals surface area contributed by atoms with E-state index in [2.05, 4.69) is 5.32 Å². The summed E-state index contributed by atoms with van der Waals surface area (Å²) in [7, 11) is 1.64. The van der Waals surface area contributed by atoms with Crippen molar-refractivity contribution < 1.29 is 18.7 Å². The minimum Gasteiger partial charge on any atom is -0.497 e. The molecule has 0 bridgehead atoms. The Kier molecular flexibility index (Phi) is 7.26. The minimum absolute atomic E-state index is 0.0998. The van der Waals surface area contributed by atoms with Gasteiger partial charge in [0.05, 0.1) is 7.11 Å². The van der Waals surface area contributed by atoms with Crippen LogP contribution in [0.25, 0.3) is 0 Å². The van der Waals surface area contributed by atoms with Crippen LogP contribution in [0.5, 0.6) is 11.5 Å². The van der Waals surface area contributed by atoms with Crippen LogP contribution >= 0.6 is 0 Å². The Morgan fingerprint density at radius 3 is 2.52 bits per heavy atom.